The van der Waals surface area contributed by atoms with Gasteiger partial charge < -0.3 is 4.74 Å². The van der Waals surface area contributed by atoms with Gasteiger partial charge in [-0.15, -0.1) is 0 Å². The molecular weight excluding hydrogens is 248 g/mol. The van der Waals surface area contributed by atoms with Crippen molar-refractivity contribution in [2.24, 2.45) is 0 Å². The van der Waals surface area contributed by atoms with Crippen LogP contribution in [0.15, 0.2) is 25.0 Å². The van der Waals surface area contributed by atoms with Crippen LogP contribution in [0.25, 0.3) is 0 Å². The predicted molar refractivity (Wildman–Crippen MR) is 63.3 cm³/mol. The Morgan fingerprint density at radius 1 is 1.24 bits per heavy atom. The van der Waals surface area contributed by atoms with E-state index in [1.807, 2.05) is 0 Å². The zero-order chi connectivity index (χ0) is 13.9. The maximum Gasteiger partial charge on any atom is 0.399 e. The monoisotopic (exact) mass is 266 g/mol. The van der Waals surface area contributed by atoms with Gasteiger partial charge in [0.1, 0.15) is 0 Å². The molecule has 0 N–H and O–H groups in total. The van der Waals surface area contributed by atoms with Crippen molar-refractivity contribution in [3.05, 3.63) is 25.0 Å². The topological polar surface area (TPSA) is 78.9 Å². The van der Waals surface area contributed by atoms with Crippen molar-refractivity contribution in [2.45, 2.75) is 20.8 Å². The van der Waals surface area contributed by atoms with E-state index < -0.39 is 16.4 Å². The lowest BCUT2D eigenvalue weighted by atomic mass is 10.4. The van der Waals surface area contributed by atoms with Crippen LogP contribution in [-0.2, 0) is 28.3 Å². The minimum Gasteiger partial charge on any atom is -0.432 e. The Labute approximate surface area is 102 Å². The fourth-order valence-corrected chi connectivity index (χ4v) is 1.14. The molecule has 0 atom stereocenters. The third kappa shape index (κ3) is 12.8. The third-order valence-corrected chi connectivity index (χ3v) is 2.11. The lowest BCUT2D eigenvalue weighted by molar-refractivity contribution is -0.133. The standard InChI is InChI=1S/C6H8O2.C4H10O4S/c1-4-8-6(7)5(2)3;1-3-7-9(5,6)8-4-2/h4H,1-2H2,3H3;3-4H2,1-2H3. The molecule has 0 aliphatic carbocycles. The Morgan fingerprint density at radius 2 is 1.65 bits per heavy atom. The van der Waals surface area contributed by atoms with E-state index in [1.165, 1.54) is 0 Å². The maximum absolute atomic E-state index is 10.4. The Balaban J connectivity index is 0. The summed E-state index contributed by atoms with van der Waals surface area (Å²) in [5, 5.41) is 0. The van der Waals surface area contributed by atoms with Crippen LogP contribution in [0, 0.1) is 0 Å². The summed E-state index contributed by atoms with van der Waals surface area (Å²) >= 11 is 0. The average Bonchev–Trinajstić information content (AvgIpc) is 2.18. The highest BCUT2D eigenvalue weighted by Gasteiger charge is 2.06. The van der Waals surface area contributed by atoms with E-state index >= 15 is 0 Å². The summed E-state index contributed by atoms with van der Waals surface area (Å²) in [5.74, 6) is -0.431. The van der Waals surface area contributed by atoms with Gasteiger partial charge >= 0.3 is 16.4 Å². The first-order chi connectivity index (χ1) is 7.80. The molecule has 0 heterocycles. The van der Waals surface area contributed by atoms with Crippen LogP contribution in [0.5, 0.6) is 0 Å². The molecule has 7 heteroatoms. The number of ether oxygens (including phenoxy) is 1. The quantitative estimate of drug-likeness (QED) is 0.412. The minimum absolute atomic E-state index is 0.113. The van der Waals surface area contributed by atoms with Crippen molar-refractivity contribution in [2.75, 3.05) is 13.2 Å². The molecule has 0 amide bonds. The summed E-state index contributed by atoms with van der Waals surface area (Å²) < 4.78 is 33.5. The Bertz CT molecular complexity index is 332. The Hall–Kier alpha value is -1.18. The molecule has 0 saturated heterocycles. The second-order valence-corrected chi connectivity index (χ2v) is 3.86. The molecule has 0 fully saturated rings. The number of esters is 1. The van der Waals surface area contributed by atoms with Gasteiger partial charge in [-0.05, 0) is 20.8 Å². The zero-order valence-electron chi connectivity index (χ0n) is 10.3. The average molecular weight is 266 g/mol. The smallest absolute Gasteiger partial charge is 0.399 e. The molecule has 0 aromatic rings. The summed E-state index contributed by atoms with van der Waals surface area (Å²) in [6.07, 6.45) is 1.08. The van der Waals surface area contributed by atoms with Crippen LogP contribution in [0.3, 0.4) is 0 Å². The van der Waals surface area contributed by atoms with Crippen LogP contribution in [0.2, 0.25) is 0 Å². The molecule has 0 aromatic heterocycles. The highest BCUT2D eigenvalue weighted by Crippen LogP contribution is 1.93. The number of rotatable bonds is 6. The highest BCUT2D eigenvalue weighted by molar-refractivity contribution is 7.81. The van der Waals surface area contributed by atoms with E-state index in [2.05, 4.69) is 26.3 Å². The van der Waals surface area contributed by atoms with E-state index in [9.17, 15) is 13.2 Å². The van der Waals surface area contributed by atoms with Gasteiger partial charge in [0.25, 0.3) is 0 Å². The van der Waals surface area contributed by atoms with E-state index in [1.54, 1.807) is 20.8 Å². The molecule has 0 unspecified atom stereocenters. The van der Waals surface area contributed by atoms with Gasteiger partial charge in [-0.1, -0.05) is 13.2 Å². The lowest BCUT2D eigenvalue weighted by Gasteiger charge is -1.99. The normalized spacial score (nSPS) is 9.82. The molecule has 0 rings (SSSR count). The zero-order valence-corrected chi connectivity index (χ0v) is 11.1. The van der Waals surface area contributed by atoms with Gasteiger partial charge in [0.15, 0.2) is 0 Å². The van der Waals surface area contributed by atoms with Gasteiger partial charge in [-0.3, -0.25) is 0 Å². The molecule has 0 saturated carbocycles. The van der Waals surface area contributed by atoms with Gasteiger partial charge in [0.05, 0.1) is 19.5 Å². The van der Waals surface area contributed by atoms with Crippen LogP contribution < -0.4 is 0 Å². The number of hydrogen-bond donors (Lipinski definition) is 0. The first-order valence-electron chi connectivity index (χ1n) is 4.81. The number of hydrogen-bond acceptors (Lipinski definition) is 6. The molecule has 100 valence electrons. The predicted octanol–water partition coefficient (Wildman–Crippen LogP) is 1.55. The van der Waals surface area contributed by atoms with Crippen molar-refractivity contribution in [1.82, 2.24) is 0 Å². The highest BCUT2D eigenvalue weighted by atomic mass is 32.3. The van der Waals surface area contributed by atoms with Crippen LogP contribution in [0.1, 0.15) is 20.8 Å². The van der Waals surface area contributed by atoms with E-state index in [4.69, 9.17) is 0 Å². The second-order valence-electron chi connectivity index (χ2n) is 2.57. The molecular formula is C10H18O6S. The molecule has 0 bridgehead atoms. The fourth-order valence-electron chi connectivity index (χ4n) is 0.499. The molecule has 0 aromatic carbocycles. The van der Waals surface area contributed by atoms with E-state index in [-0.39, 0.29) is 13.2 Å². The van der Waals surface area contributed by atoms with Gasteiger partial charge in [0.2, 0.25) is 0 Å². The molecule has 0 aliphatic rings. The number of carbonyl (C=O) groups excluding carboxylic acids is 1. The van der Waals surface area contributed by atoms with Crippen molar-refractivity contribution >= 4 is 16.4 Å². The molecule has 6 nitrogen and oxygen atoms in total. The largest absolute Gasteiger partial charge is 0.432 e. The number of carbonyl (C=O) groups is 1. The Morgan fingerprint density at radius 3 is 1.82 bits per heavy atom. The molecule has 0 spiro atoms. The van der Waals surface area contributed by atoms with Crippen LogP contribution >= 0.6 is 0 Å². The summed E-state index contributed by atoms with van der Waals surface area (Å²) in [7, 11) is -3.68. The summed E-state index contributed by atoms with van der Waals surface area (Å²) in [6, 6.07) is 0. The first-order valence-corrected chi connectivity index (χ1v) is 6.15. The third-order valence-electron chi connectivity index (χ3n) is 1.06. The van der Waals surface area contributed by atoms with Gasteiger partial charge in [-0.2, -0.15) is 8.42 Å². The first kappa shape index (κ1) is 18.2. The van der Waals surface area contributed by atoms with Crippen molar-refractivity contribution in [3.63, 3.8) is 0 Å². The maximum atomic E-state index is 10.4. The van der Waals surface area contributed by atoms with Crippen LogP contribution in [-0.4, -0.2) is 27.6 Å². The van der Waals surface area contributed by atoms with E-state index in [0.717, 1.165) is 6.26 Å². The van der Waals surface area contributed by atoms with Crippen LogP contribution in [0.4, 0.5) is 0 Å². The van der Waals surface area contributed by atoms with Crippen molar-refractivity contribution in [3.8, 4) is 0 Å². The van der Waals surface area contributed by atoms with E-state index in [0.29, 0.717) is 5.57 Å². The SMILES string of the molecule is C=COC(=O)C(=C)C.CCOS(=O)(=O)OCC. The lowest BCUT2D eigenvalue weighted by Crippen LogP contribution is -2.09. The van der Waals surface area contributed by atoms with Gasteiger partial charge in [0, 0.05) is 5.57 Å². The molecule has 0 radical (unpaired) electrons. The van der Waals surface area contributed by atoms with Crippen molar-refractivity contribution in [1.29, 1.82) is 0 Å². The molecule has 17 heavy (non-hydrogen) atoms. The molecule has 0 aliphatic heterocycles. The summed E-state index contributed by atoms with van der Waals surface area (Å²) in [4.78, 5) is 10.3. The Kier molecular flexibility index (Phi) is 10.7. The van der Waals surface area contributed by atoms with Gasteiger partial charge in [-0.25, -0.2) is 13.2 Å². The fraction of sp³-hybridized carbons (Fsp3) is 0.500. The second kappa shape index (κ2) is 10.0. The summed E-state index contributed by atoms with van der Waals surface area (Å²) in [6.45, 7) is 11.5. The minimum atomic E-state index is -3.68. The van der Waals surface area contributed by atoms with Crippen molar-refractivity contribution < 1.29 is 26.3 Å². The summed E-state index contributed by atoms with van der Waals surface area (Å²) in [5.41, 5.74) is 0.380.